The van der Waals surface area contributed by atoms with Crippen molar-refractivity contribution in [1.29, 1.82) is 0 Å². The smallest absolute Gasteiger partial charge is 0.271 e. The van der Waals surface area contributed by atoms with Crippen LogP contribution in [0.4, 0.5) is 11.4 Å². The van der Waals surface area contributed by atoms with Crippen LogP contribution in [0.5, 0.6) is 5.75 Å². The minimum Gasteiger partial charge on any atom is -0.486 e. The van der Waals surface area contributed by atoms with Gasteiger partial charge in [0.1, 0.15) is 12.4 Å². The largest absolute Gasteiger partial charge is 0.486 e. The predicted octanol–water partition coefficient (Wildman–Crippen LogP) is 4.08. The SMILES string of the molecule is CCc1ccc(OCc2nnc(SCC(=O)Nc3cccc([N+](=O)[O-])c3)n2CC)cc1. The van der Waals surface area contributed by atoms with Crippen molar-refractivity contribution < 1.29 is 14.5 Å². The number of thioether (sulfide) groups is 1. The molecule has 0 fully saturated rings. The van der Waals surface area contributed by atoms with E-state index in [-0.39, 0.29) is 24.0 Å². The minimum absolute atomic E-state index is 0.0786. The third-order valence-electron chi connectivity index (χ3n) is 4.48. The number of carbonyl (C=O) groups is 1. The number of carbonyl (C=O) groups excluding carboxylic acids is 1. The van der Waals surface area contributed by atoms with E-state index in [1.165, 1.54) is 35.5 Å². The Balaban J connectivity index is 1.56. The van der Waals surface area contributed by atoms with E-state index < -0.39 is 4.92 Å². The van der Waals surface area contributed by atoms with E-state index in [0.717, 1.165) is 12.2 Å². The highest BCUT2D eigenvalue weighted by Gasteiger charge is 2.14. The fourth-order valence-corrected chi connectivity index (χ4v) is 3.67. The number of non-ortho nitro benzene ring substituents is 1. The van der Waals surface area contributed by atoms with Crippen LogP contribution in [0.1, 0.15) is 25.2 Å². The molecule has 10 heteroatoms. The van der Waals surface area contributed by atoms with Gasteiger partial charge in [-0.1, -0.05) is 36.9 Å². The fourth-order valence-electron chi connectivity index (χ4n) is 2.84. The molecule has 0 aliphatic rings. The number of amides is 1. The van der Waals surface area contributed by atoms with Gasteiger partial charge in [0.15, 0.2) is 11.0 Å². The van der Waals surface area contributed by atoms with Crippen molar-refractivity contribution in [2.45, 2.75) is 38.6 Å². The summed E-state index contributed by atoms with van der Waals surface area (Å²) < 4.78 is 7.71. The molecule has 0 unspecified atom stereocenters. The molecule has 1 aromatic heterocycles. The Morgan fingerprint density at radius 1 is 1.19 bits per heavy atom. The maximum absolute atomic E-state index is 12.3. The van der Waals surface area contributed by atoms with Gasteiger partial charge in [-0.05, 0) is 37.1 Å². The summed E-state index contributed by atoms with van der Waals surface area (Å²) in [5, 5.41) is 22.5. The van der Waals surface area contributed by atoms with Gasteiger partial charge in [-0.2, -0.15) is 0 Å². The molecule has 31 heavy (non-hydrogen) atoms. The van der Waals surface area contributed by atoms with Crippen LogP contribution in [0.15, 0.2) is 53.7 Å². The van der Waals surface area contributed by atoms with Gasteiger partial charge in [-0.3, -0.25) is 14.9 Å². The van der Waals surface area contributed by atoms with Gasteiger partial charge >= 0.3 is 0 Å². The molecular formula is C21H23N5O4S. The molecule has 0 aliphatic heterocycles. The van der Waals surface area contributed by atoms with Gasteiger partial charge in [0, 0.05) is 24.4 Å². The van der Waals surface area contributed by atoms with E-state index in [1.807, 2.05) is 35.8 Å². The van der Waals surface area contributed by atoms with E-state index in [1.54, 1.807) is 6.07 Å². The Morgan fingerprint density at radius 3 is 2.65 bits per heavy atom. The maximum Gasteiger partial charge on any atom is 0.271 e. The van der Waals surface area contributed by atoms with E-state index in [4.69, 9.17) is 4.74 Å². The molecule has 1 amide bonds. The quantitative estimate of drug-likeness (QED) is 0.287. The molecule has 0 saturated heterocycles. The maximum atomic E-state index is 12.3. The number of rotatable bonds is 10. The summed E-state index contributed by atoms with van der Waals surface area (Å²) in [6, 6.07) is 13.7. The van der Waals surface area contributed by atoms with Crippen molar-refractivity contribution in [2.75, 3.05) is 11.1 Å². The molecule has 0 saturated carbocycles. The normalized spacial score (nSPS) is 10.6. The molecule has 1 N–H and O–H groups in total. The zero-order chi connectivity index (χ0) is 22.2. The van der Waals surface area contributed by atoms with Gasteiger partial charge in [-0.15, -0.1) is 10.2 Å². The lowest BCUT2D eigenvalue weighted by Gasteiger charge is -2.09. The lowest BCUT2D eigenvalue weighted by Crippen LogP contribution is -2.15. The number of ether oxygens (including phenoxy) is 1. The van der Waals surface area contributed by atoms with Gasteiger partial charge in [-0.25, -0.2) is 0 Å². The second-order valence-corrected chi connectivity index (χ2v) is 7.52. The number of benzene rings is 2. The third-order valence-corrected chi connectivity index (χ3v) is 5.45. The van der Waals surface area contributed by atoms with Crippen molar-refractivity contribution in [1.82, 2.24) is 14.8 Å². The summed E-state index contributed by atoms with van der Waals surface area (Å²) in [6.07, 6.45) is 0.972. The van der Waals surface area contributed by atoms with Crippen molar-refractivity contribution >= 4 is 29.0 Å². The van der Waals surface area contributed by atoms with Crippen LogP contribution in [0.25, 0.3) is 0 Å². The lowest BCUT2D eigenvalue weighted by molar-refractivity contribution is -0.384. The van der Waals surface area contributed by atoms with Crippen molar-refractivity contribution in [3.8, 4) is 5.75 Å². The summed E-state index contributed by atoms with van der Waals surface area (Å²) >= 11 is 1.24. The number of nitro groups is 1. The Morgan fingerprint density at radius 2 is 1.97 bits per heavy atom. The monoisotopic (exact) mass is 441 g/mol. The Bertz CT molecular complexity index is 1050. The van der Waals surface area contributed by atoms with E-state index >= 15 is 0 Å². The van der Waals surface area contributed by atoms with Crippen LogP contribution < -0.4 is 10.1 Å². The molecule has 0 aliphatic carbocycles. The van der Waals surface area contributed by atoms with Gasteiger partial charge < -0.3 is 14.6 Å². The number of nitrogens with one attached hydrogen (secondary N) is 1. The Hall–Kier alpha value is -3.40. The molecular weight excluding hydrogens is 418 g/mol. The summed E-state index contributed by atoms with van der Waals surface area (Å²) in [5.41, 5.74) is 1.54. The van der Waals surface area contributed by atoms with Crippen LogP contribution in [0, 0.1) is 10.1 Å². The molecule has 3 rings (SSSR count). The topological polar surface area (TPSA) is 112 Å². The second-order valence-electron chi connectivity index (χ2n) is 6.57. The average molecular weight is 442 g/mol. The summed E-state index contributed by atoms with van der Waals surface area (Å²) in [5.74, 6) is 1.24. The van der Waals surface area contributed by atoms with E-state index in [2.05, 4.69) is 22.4 Å². The number of hydrogen-bond donors (Lipinski definition) is 1. The molecule has 0 spiro atoms. The molecule has 1 heterocycles. The molecule has 9 nitrogen and oxygen atoms in total. The number of nitrogens with zero attached hydrogens (tertiary/aromatic N) is 4. The second kappa shape index (κ2) is 10.6. The minimum atomic E-state index is -0.504. The van der Waals surface area contributed by atoms with Gasteiger partial charge in [0.05, 0.1) is 10.7 Å². The summed E-state index contributed by atoms with van der Waals surface area (Å²) in [4.78, 5) is 22.6. The van der Waals surface area contributed by atoms with Crippen LogP contribution in [0.2, 0.25) is 0 Å². The highest BCUT2D eigenvalue weighted by molar-refractivity contribution is 7.99. The fraction of sp³-hybridized carbons (Fsp3) is 0.286. The molecule has 0 bridgehead atoms. The number of hydrogen-bond acceptors (Lipinski definition) is 7. The van der Waals surface area contributed by atoms with Crippen molar-refractivity contribution in [2.24, 2.45) is 0 Å². The lowest BCUT2D eigenvalue weighted by atomic mass is 10.2. The van der Waals surface area contributed by atoms with Crippen molar-refractivity contribution in [3.63, 3.8) is 0 Å². The summed E-state index contributed by atoms with van der Waals surface area (Å²) in [6.45, 7) is 4.97. The molecule has 162 valence electrons. The highest BCUT2D eigenvalue weighted by Crippen LogP contribution is 2.21. The third kappa shape index (κ3) is 6.05. The zero-order valence-corrected chi connectivity index (χ0v) is 18.1. The van der Waals surface area contributed by atoms with Crippen LogP contribution in [-0.4, -0.2) is 31.3 Å². The first kappa shape index (κ1) is 22.3. The van der Waals surface area contributed by atoms with Crippen molar-refractivity contribution in [3.05, 3.63) is 70.0 Å². The van der Waals surface area contributed by atoms with E-state index in [9.17, 15) is 14.9 Å². The van der Waals surface area contributed by atoms with Gasteiger partial charge in [0.2, 0.25) is 5.91 Å². The zero-order valence-electron chi connectivity index (χ0n) is 17.3. The highest BCUT2D eigenvalue weighted by atomic mass is 32.2. The number of anilines is 1. The predicted molar refractivity (Wildman–Crippen MR) is 118 cm³/mol. The standard InChI is InChI=1S/C21H23N5O4S/c1-3-15-8-10-18(11-9-15)30-13-19-23-24-21(25(19)4-2)31-14-20(27)22-16-6-5-7-17(12-16)26(28)29/h5-12H,3-4,13-14H2,1-2H3,(H,22,27). The average Bonchev–Trinajstić information content (AvgIpc) is 3.18. The Labute approximate surface area is 184 Å². The molecule has 2 aromatic carbocycles. The van der Waals surface area contributed by atoms with Gasteiger partial charge in [0.25, 0.3) is 5.69 Å². The van der Waals surface area contributed by atoms with Crippen LogP contribution >= 0.6 is 11.8 Å². The summed E-state index contributed by atoms with van der Waals surface area (Å²) in [7, 11) is 0. The van der Waals surface area contributed by atoms with E-state index in [0.29, 0.717) is 23.2 Å². The van der Waals surface area contributed by atoms with Crippen LogP contribution in [-0.2, 0) is 24.4 Å². The number of aryl methyl sites for hydroxylation is 1. The molecule has 0 radical (unpaired) electrons. The Kier molecular flexibility index (Phi) is 7.60. The first-order valence-corrected chi connectivity index (χ1v) is 10.8. The first-order valence-electron chi connectivity index (χ1n) is 9.81. The number of aromatic nitrogens is 3. The van der Waals surface area contributed by atoms with Crippen LogP contribution in [0.3, 0.4) is 0 Å². The first-order chi connectivity index (χ1) is 15.0. The molecule has 3 aromatic rings. The molecule has 0 atom stereocenters. The number of nitro benzene ring substituents is 1.